The minimum absolute atomic E-state index is 0.00529. The molecule has 6 nitrogen and oxygen atoms in total. The quantitative estimate of drug-likeness (QED) is 0.797. The van der Waals surface area contributed by atoms with Gasteiger partial charge in [-0.3, -0.25) is 4.79 Å². The van der Waals surface area contributed by atoms with E-state index in [1.165, 1.54) is 0 Å². The van der Waals surface area contributed by atoms with Crippen molar-refractivity contribution in [1.82, 2.24) is 10.3 Å². The molecule has 1 aliphatic heterocycles. The van der Waals surface area contributed by atoms with E-state index in [2.05, 4.69) is 10.3 Å². The molecule has 2 N–H and O–H groups in total. The van der Waals surface area contributed by atoms with E-state index in [4.69, 9.17) is 9.84 Å². The first-order chi connectivity index (χ1) is 11.0. The second kappa shape index (κ2) is 8.40. The molecule has 2 rings (SSSR count). The van der Waals surface area contributed by atoms with Gasteiger partial charge in [-0.15, -0.1) is 11.3 Å². The van der Waals surface area contributed by atoms with Gasteiger partial charge in [0.1, 0.15) is 9.88 Å². The molecule has 0 aromatic carbocycles. The Hall–Kier alpha value is -1.47. The topological polar surface area (TPSA) is 88.5 Å². The highest BCUT2D eigenvalue weighted by Gasteiger charge is 2.19. The third-order valence-electron chi connectivity index (χ3n) is 4.11. The van der Waals surface area contributed by atoms with E-state index in [9.17, 15) is 9.59 Å². The number of carboxylic acids is 1. The van der Waals surface area contributed by atoms with Crippen molar-refractivity contribution in [1.29, 1.82) is 0 Å². The molecule has 0 aliphatic carbocycles. The summed E-state index contributed by atoms with van der Waals surface area (Å²) >= 11 is 1.12. The van der Waals surface area contributed by atoms with E-state index in [-0.39, 0.29) is 16.8 Å². The maximum atomic E-state index is 12.0. The van der Waals surface area contributed by atoms with Gasteiger partial charge in [-0.2, -0.15) is 0 Å². The summed E-state index contributed by atoms with van der Waals surface area (Å²) in [7, 11) is 0. The number of hydrogen-bond donors (Lipinski definition) is 2. The molecule has 1 aliphatic rings. The summed E-state index contributed by atoms with van der Waals surface area (Å²) in [4.78, 5) is 27.5. The van der Waals surface area contributed by atoms with Gasteiger partial charge in [0, 0.05) is 19.6 Å². The van der Waals surface area contributed by atoms with Gasteiger partial charge in [0.25, 0.3) is 0 Å². The maximum absolute atomic E-state index is 12.0. The second-order valence-corrected chi connectivity index (χ2v) is 7.04. The number of aromatic carboxylic acids is 1. The van der Waals surface area contributed by atoms with Crippen LogP contribution in [0.1, 0.15) is 65.4 Å². The molecule has 1 saturated heterocycles. The summed E-state index contributed by atoms with van der Waals surface area (Å²) in [5, 5.41) is 12.6. The molecule has 1 fully saturated rings. The lowest BCUT2D eigenvalue weighted by Crippen LogP contribution is -2.26. The fraction of sp³-hybridized carbons (Fsp3) is 0.688. The molecular formula is C16H24N2O4S. The Morgan fingerprint density at radius 1 is 1.43 bits per heavy atom. The SMILES string of the molecule is Cc1nc(C(C)NC(=O)CCCC2CCOCC2)sc1C(=O)O. The van der Waals surface area contributed by atoms with Crippen LogP contribution < -0.4 is 5.32 Å². The van der Waals surface area contributed by atoms with Gasteiger partial charge >= 0.3 is 5.97 Å². The molecule has 7 heteroatoms. The van der Waals surface area contributed by atoms with Crippen molar-refractivity contribution in [3.05, 3.63) is 15.6 Å². The van der Waals surface area contributed by atoms with Gasteiger partial charge < -0.3 is 15.2 Å². The van der Waals surface area contributed by atoms with Gasteiger partial charge in [-0.25, -0.2) is 9.78 Å². The average Bonchev–Trinajstić information content (AvgIpc) is 2.90. The summed E-state index contributed by atoms with van der Waals surface area (Å²) < 4.78 is 5.33. The minimum Gasteiger partial charge on any atom is -0.477 e. The molecule has 128 valence electrons. The number of thiazole rings is 1. The average molecular weight is 340 g/mol. The fourth-order valence-electron chi connectivity index (χ4n) is 2.76. The van der Waals surface area contributed by atoms with Crippen molar-refractivity contribution in [3.63, 3.8) is 0 Å². The number of nitrogens with zero attached hydrogens (tertiary/aromatic N) is 1. The predicted octanol–water partition coefficient (Wildman–Crippen LogP) is 2.92. The number of hydrogen-bond acceptors (Lipinski definition) is 5. The number of rotatable bonds is 7. The van der Waals surface area contributed by atoms with Crippen LogP contribution in [0, 0.1) is 12.8 Å². The third-order valence-corrected chi connectivity index (χ3v) is 5.44. The summed E-state index contributed by atoms with van der Waals surface area (Å²) in [6.07, 6.45) is 4.62. The van der Waals surface area contributed by atoms with E-state index in [0.717, 1.165) is 50.2 Å². The molecule has 1 unspecified atom stereocenters. The number of aryl methyl sites for hydroxylation is 1. The molecule has 0 saturated carbocycles. The zero-order chi connectivity index (χ0) is 16.8. The summed E-state index contributed by atoms with van der Waals surface area (Å²) in [6, 6.07) is -0.262. The molecule has 0 radical (unpaired) electrons. The highest BCUT2D eigenvalue weighted by atomic mass is 32.1. The van der Waals surface area contributed by atoms with Crippen LogP contribution in [0.5, 0.6) is 0 Å². The standard InChI is InChI=1S/C16H24N2O4S/c1-10-14(16(20)21)23-15(18-10)11(2)17-13(19)5-3-4-12-6-8-22-9-7-12/h11-12H,3-9H2,1-2H3,(H,17,19)(H,20,21). The highest BCUT2D eigenvalue weighted by molar-refractivity contribution is 7.13. The van der Waals surface area contributed by atoms with Gasteiger partial charge in [0.2, 0.25) is 5.91 Å². The van der Waals surface area contributed by atoms with Gasteiger partial charge in [-0.1, -0.05) is 0 Å². The van der Waals surface area contributed by atoms with Crippen LogP contribution in [-0.2, 0) is 9.53 Å². The molecule has 23 heavy (non-hydrogen) atoms. The molecule has 0 bridgehead atoms. The molecular weight excluding hydrogens is 316 g/mol. The van der Waals surface area contributed by atoms with Crippen LogP contribution in [0.15, 0.2) is 0 Å². The molecule has 1 aromatic heterocycles. The Balaban J connectivity index is 1.75. The van der Waals surface area contributed by atoms with Crippen molar-refractivity contribution in [3.8, 4) is 0 Å². The van der Waals surface area contributed by atoms with Crippen molar-refractivity contribution >= 4 is 23.2 Å². The van der Waals surface area contributed by atoms with E-state index in [1.807, 2.05) is 6.92 Å². The Morgan fingerprint density at radius 3 is 2.74 bits per heavy atom. The normalized spacial score (nSPS) is 17.0. The number of aromatic nitrogens is 1. The number of ether oxygens (including phenoxy) is 1. The molecule has 0 spiro atoms. The highest BCUT2D eigenvalue weighted by Crippen LogP contribution is 2.24. The molecule has 1 amide bonds. The summed E-state index contributed by atoms with van der Waals surface area (Å²) in [6.45, 7) is 5.18. The van der Waals surface area contributed by atoms with Crippen molar-refractivity contribution in [2.24, 2.45) is 5.92 Å². The zero-order valence-electron chi connectivity index (χ0n) is 13.6. The van der Waals surface area contributed by atoms with E-state index >= 15 is 0 Å². The number of carbonyl (C=O) groups excluding carboxylic acids is 1. The van der Waals surface area contributed by atoms with Crippen LogP contribution in [-0.4, -0.2) is 35.2 Å². The largest absolute Gasteiger partial charge is 0.477 e. The van der Waals surface area contributed by atoms with Gasteiger partial charge in [0.05, 0.1) is 11.7 Å². The summed E-state index contributed by atoms with van der Waals surface area (Å²) in [5.41, 5.74) is 0.498. The first-order valence-corrected chi connectivity index (χ1v) is 8.86. The Morgan fingerprint density at radius 2 is 2.13 bits per heavy atom. The Bertz CT molecular complexity index is 552. The van der Waals surface area contributed by atoms with E-state index in [1.54, 1.807) is 6.92 Å². The first kappa shape index (κ1) is 17.9. The molecule has 1 atom stereocenters. The Kier molecular flexibility index (Phi) is 6.53. The van der Waals surface area contributed by atoms with Gasteiger partial charge in [-0.05, 0) is 45.4 Å². The second-order valence-electron chi connectivity index (χ2n) is 6.01. The molecule has 2 heterocycles. The zero-order valence-corrected chi connectivity index (χ0v) is 14.4. The van der Waals surface area contributed by atoms with Crippen LogP contribution in [0.3, 0.4) is 0 Å². The van der Waals surface area contributed by atoms with Crippen LogP contribution in [0.25, 0.3) is 0 Å². The smallest absolute Gasteiger partial charge is 0.347 e. The van der Waals surface area contributed by atoms with Crippen molar-refractivity contribution in [2.75, 3.05) is 13.2 Å². The van der Waals surface area contributed by atoms with Crippen molar-refractivity contribution in [2.45, 2.75) is 52.0 Å². The number of amides is 1. The van der Waals surface area contributed by atoms with E-state index in [0.29, 0.717) is 23.0 Å². The third kappa shape index (κ3) is 5.28. The first-order valence-electron chi connectivity index (χ1n) is 8.05. The lowest BCUT2D eigenvalue weighted by molar-refractivity contribution is -0.121. The number of nitrogens with one attached hydrogen (secondary N) is 1. The maximum Gasteiger partial charge on any atom is 0.347 e. The lowest BCUT2D eigenvalue weighted by atomic mass is 9.94. The lowest BCUT2D eigenvalue weighted by Gasteiger charge is -2.21. The van der Waals surface area contributed by atoms with Crippen LogP contribution in [0.2, 0.25) is 0 Å². The van der Waals surface area contributed by atoms with E-state index < -0.39 is 5.97 Å². The predicted molar refractivity (Wildman–Crippen MR) is 87.8 cm³/mol. The van der Waals surface area contributed by atoms with Crippen LogP contribution in [0.4, 0.5) is 0 Å². The minimum atomic E-state index is -0.971. The van der Waals surface area contributed by atoms with Crippen LogP contribution >= 0.6 is 11.3 Å². The van der Waals surface area contributed by atoms with Gasteiger partial charge in [0.15, 0.2) is 0 Å². The monoisotopic (exact) mass is 340 g/mol. The Labute approximate surface area is 140 Å². The van der Waals surface area contributed by atoms with Crippen molar-refractivity contribution < 1.29 is 19.4 Å². The molecule has 1 aromatic rings. The summed E-state index contributed by atoms with van der Waals surface area (Å²) in [5.74, 6) is -0.302. The number of carboxylic acid groups (broad SMARTS) is 1. The number of carbonyl (C=O) groups is 2. The fourth-order valence-corrected chi connectivity index (χ4v) is 3.67.